The van der Waals surface area contributed by atoms with Gasteiger partial charge in [-0.05, 0) is 41.5 Å². The molecular weight excluding hydrogens is 374 g/mol. The van der Waals surface area contributed by atoms with Crippen molar-refractivity contribution in [2.45, 2.75) is 13.1 Å². The number of rotatable bonds is 6. The minimum atomic E-state index is -0.162. The molecule has 0 bridgehead atoms. The summed E-state index contributed by atoms with van der Waals surface area (Å²) in [7, 11) is 0. The zero-order chi connectivity index (χ0) is 19.3. The number of aromatic nitrogens is 4. The second-order valence-electron chi connectivity index (χ2n) is 6.33. The Balaban J connectivity index is 1.50. The third kappa shape index (κ3) is 4.03. The third-order valence-corrected chi connectivity index (χ3v) is 4.57. The van der Waals surface area contributed by atoms with E-state index < -0.39 is 0 Å². The van der Waals surface area contributed by atoms with Gasteiger partial charge in [-0.3, -0.25) is 14.9 Å². The maximum atomic E-state index is 12.7. The van der Waals surface area contributed by atoms with Gasteiger partial charge in [-0.25, -0.2) is 9.67 Å². The van der Waals surface area contributed by atoms with Crippen molar-refractivity contribution in [2.24, 2.45) is 0 Å². The number of nitrogens with zero attached hydrogens (tertiary/aromatic N) is 3. The zero-order valence-corrected chi connectivity index (χ0v) is 15.7. The van der Waals surface area contributed by atoms with Gasteiger partial charge in [-0.2, -0.15) is 0 Å². The van der Waals surface area contributed by atoms with Crippen LogP contribution in [0.15, 0.2) is 78.1 Å². The first kappa shape index (κ1) is 18.2. The Kier molecular flexibility index (Phi) is 5.32. The van der Waals surface area contributed by atoms with Gasteiger partial charge in [0.05, 0.1) is 5.56 Å². The van der Waals surface area contributed by atoms with E-state index in [9.17, 15) is 4.79 Å². The Morgan fingerprint density at radius 2 is 1.89 bits per heavy atom. The van der Waals surface area contributed by atoms with Crippen molar-refractivity contribution >= 4 is 11.6 Å². The molecule has 0 atom stereocenters. The molecule has 0 unspecified atom stereocenters. The monoisotopic (exact) mass is 391 g/mol. The smallest absolute Gasteiger partial charge is 0.280 e. The summed E-state index contributed by atoms with van der Waals surface area (Å²) in [4.78, 5) is 21.1. The summed E-state index contributed by atoms with van der Waals surface area (Å²) in [5, 5.41) is 7.08. The van der Waals surface area contributed by atoms with Crippen LogP contribution in [0.5, 0.6) is 0 Å². The molecule has 4 aromatic rings. The number of hydrogen-bond donors (Lipinski definition) is 2. The Morgan fingerprint density at radius 1 is 1.04 bits per heavy atom. The van der Waals surface area contributed by atoms with Crippen molar-refractivity contribution < 1.29 is 0 Å². The van der Waals surface area contributed by atoms with E-state index in [1.165, 1.54) is 4.68 Å². The van der Waals surface area contributed by atoms with Crippen molar-refractivity contribution in [1.82, 2.24) is 25.1 Å². The van der Waals surface area contributed by atoms with Crippen LogP contribution in [-0.4, -0.2) is 19.7 Å². The molecule has 1 aromatic carbocycles. The van der Waals surface area contributed by atoms with Crippen molar-refractivity contribution in [2.75, 3.05) is 0 Å². The molecule has 3 aromatic heterocycles. The molecule has 4 rings (SSSR count). The van der Waals surface area contributed by atoms with Gasteiger partial charge >= 0.3 is 0 Å². The summed E-state index contributed by atoms with van der Waals surface area (Å²) < 4.78 is 1.43. The number of H-pyrrole nitrogens is 1. The van der Waals surface area contributed by atoms with E-state index >= 15 is 0 Å². The van der Waals surface area contributed by atoms with E-state index in [-0.39, 0.29) is 5.56 Å². The van der Waals surface area contributed by atoms with Crippen molar-refractivity contribution in [1.29, 1.82) is 0 Å². The van der Waals surface area contributed by atoms with Crippen LogP contribution in [0.3, 0.4) is 0 Å². The molecule has 140 valence electrons. The third-order valence-electron chi connectivity index (χ3n) is 4.33. The van der Waals surface area contributed by atoms with E-state index in [0.29, 0.717) is 24.5 Å². The molecule has 0 saturated heterocycles. The molecule has 0 saturated carbocycles. The van der Waals surface area contributed by atoms with E-state index in [4.69, 9.17) is 11.6 Å². The number of pyridine rings is 2. The van der Waals surface area contributed by atoms with Gasteiger partial charge < -0.3 is 5.32 Å². The normalized spacial score (nSPS) is 10.9. The topological polar surface area (TPSA) is 75.6 Å². The molecule has 0 spiro atoms. The summed E-state index contributed by atoms with van der Waals surface area (Å²) in [6.07, 6.45) is 6.71. The molecule has 0 aliphatic heterocycles. The molecule has 2 N–H and O–H groups in total. The Morgan fingerprint density at radius 3 is 2.68 bits per heavy atom. The first-order chi connectivity index (χ1) is 13.7. The summed E-state index contributed by atoms with van der Waals surface area (Å²) in [5.41, 5.74) is 3.30. The number of benzene rings is 1. The van der Waals surface area contributed by atoms with Crippen LogP contribution in [0, 0.1) is 0 Å². The SMILES string of the molecule is O=c1c(-c2cccnc2)c[nH]n1-c1cc(CNCc2cccc(Cl)c2)ccn1. The number of halogens is 1. The van der Waals surface area contributed by atoms with Crippen LogP contribution in [0.2, 0.25) is 5.02 Å². The maximum absolute atomic E-state index is 12.7. The van der Waals surface area contributed by atoms with E-state index in [2.05, 4.69) is 20.4 Å². The summed E-state index contributed by atoms with van der Waals surface area (Å²) >= 11 is 6.01. The van der Waals surface area contributed by atoms with Gasteiger partial charge in [0.2, 0.25) is 0 Å². The number of aromatic amines is 1. The quantitative estimate of drug-likeness (QED) is 0.527. The molecular formula is C21H18ClN5O. The molecule has 0 radical (unpaired) electrons. The van der Waals surface area contributed by atoms with E-state index in [1.807, 2.05) is 42.5 Å². The number of nitrogens with one attached hydrogen (secondary N) is 2. The van der Waals surface area contributed by atoms with Crippen molar-refractivity contribution in [3.05, 3.63) is 99.8 Å². The molecule has 0 aliphatic rings. The highest BCUT2D eigenvalue weighted by Gasteiger charge is 2.11. The van der Waals surface area contributed by atoms with E-state index in [1.54, 1.807) is 30.9 Å². The molecule has 28 heavy (non-hydrogen) atoms. The second kappa shape index (κ2) is 8.21. The Labute approximate surface area is 166 Å². The van der Waals surface area contributed by atoms with Gasteiger partial charge in [-0.15, -0.1) is 0 Å². The predicted octanol–water partition coefficient (Wildman–Crippen LogP) is 3.57. The molecule has 0 aliphatic carbocycles. The van der Waals surface area contributed by atoms with E-state index in [0.717, 1.165) is 21.7 Å². The number of hydrogen-bond acceptors (Lipinski definition) is 4. The lowest BCUT2D eigenvalue weighted by molar-refractivity contribution is 0.690. The molecule has 6 nitrogen and oxygen atoms in total. The van der Waals surface area contributed by atoms with Gasteiger partial charge in [0.1, 0.15) is 0 Å². The van der Waals surface area contributed by atoms with Gasteiger partial charge in [0, 0.05) is 48.5 Å². The maximum Gasteiger partial charge on any atom is 0.280 e. The average molecular weight is 392 g/mol. The first-order valence-electron chi connectivity index (χ1n) is 8.82. The lowest BCUT2D eigenvalue weighted by Gasteiger charge is -2.07. The van der Waals surface area contributed by atoms with Gasteiger partial charge in [0.25, 0.3) is 5.56 Å². The summed E-state index contributed by atoms with van der Waals surface area (Å²) in [5.74, 6) is 0.544. The van der Waals surface area contributed by atoms with Crippen LogP contribution in [-0.2, 0) is 13.1 Å². The Bertz CT molecular complexity index is 1140. The van der Waals surface area contributed by atoms with Gasteiger partial charge in [0.15, 0.2) is 5.82 Å². The fraction of sp³-hybridized carbons (Fsp3) is 0.0952. The average Bonchev–Trinajstić information content (AvgIpc) is 3.10. The highest BCUT2D eigenvalue weighted by Crippen LogP contribution is 2.14. The minimum absolute atomic E-state index is 0.162. The molecule has 0 amide bonds. The van der Waals surface area contributed by atoms with Crippen molar-refractivity contribution in [3.8, 4) is 16.9 Å². The largest absolute Gasteiger partial charge is 0.309 e. The lowest BCUT2D eigenvalue weighted by atomic mass is 10.2. The Hall–Kier alpha value is -3.22. The second-order valence-corrected chi connectivity index (χ2v) is 6.76. The van der Waals surface area contributed by atoms with Gasteiger partial charge in [-0.1, -0.05) is 29.8 Å². The van der Waals surface area contributed by atoms with Crippen LogP contribution < -0.4 is 10.9 Å². The molecule has 3 heterocycles. The van der Waals surface area contributed by atoms with Crippen LogP contribution in [0.1, 0.15) is 11.1 Å². The molecule has 0 fully saturated rings. The first-order valence-corrected chi connectivity index (χ1v) is 9.20. The van der Waals surface area contributed by atoms with Crippen molar-refractivity contribution in [3.63, 3.8) is 0 Å². The highest BCUT2D eigenvalue weighted by molar-refractivity contribution is 6.30. The summed E-state index contributed by atoms with van der Waals surface area (Å²) in [6, 6.07) is 15.2. The lowest BCUT2D eigenvalue weighted by Crippen LogP contribution is -2.18. The zero-order valence-electron chi connectivity index (χ0n) is 15.0. The van der Waals surface area contributed by atoms with Crippen LogP contribution in [0.4, 0.5) is 0 Å². The van der Waals surface area contributed by atoms with Crippen LogP contribution in [0.25, 0.3) is 16.9 Å². The standard InChI is InChI=1S/C21H18ClN5O/c22-18-5-1-3-15(9-18)11-24-12-16-6-8-25-20(10-16)27-21(28)19(14-26-27)17-4-2-7-23-13-17/h1-10,13-14,24,26H,11-12H2. The summed E-state index contributed by atoms with van der Waals surface area (Å²) in [6.45, 7) is 1.35. The predicted molar refractivity (Wildman–Crippen MR) is 109 cm³/mol. The highest BCUT2D eigenvalue weighted by atomic mass is 35.5. The minimum Gasteiger partial charge on any atom is -0.309 e. The fourth-order valence-electron chi connectivity index (χ4n) is 2.96. The van der Waals surface area contributed by atoms with Crippen LogP contribution >= 0.6 is 11.6 Å². The fourth-order valence-corrected chi connectivity index (χ4v) is 3.17. The molecule has 7 heteroatoms.